The molecule has 10 N–H and O–H groups in total. The highest BCUT2D eigenvalue weighted by Crippen LogP contribution is 2.31. The number of anilines is 1. The Hall–Kier alpha value is -8.40. The van der Waals surface area contributed by atoms with Crippen molar-refractivity contribution in [2.45, 2.75) is 215 Å². The number of nitrogens with two attached hydrogens (primary N) is 1. The van der Waals surface area contributed by atoms with Crippen molar-refractivity contribution < 1.29 is 86.2 Å². The van der Waals surface area contributed by atoms with Gasteiger partial charge in [-0.3, -0.25) is 43.3 Å². The number of likely N-dealkylation sites (tertiary alicyclic amines) is 1. The first kappa shape index (κ1) is 93.0. The lowest BCUT2D eigenvalue weighted by atomic mass is 9.89. The summed E-state index contributed by atoms with van der Waals surface area (Å²) in [6.07, 6.45) is 0.486. The van der Waals surface area contributed by atoms with Gasteiger partial charge >= 0.3 is 12.1 Å². The maximum atomic E-state index is 14.9. The largest absolute Gasteiger partial charge is 0.445 e. The van der Waals surface area contributed by atoms with Gasteiger partial charge in [0, 0.05) is 60.1 Å². The normalized spacial score (nSPS) is 16.1. The molecule has 1 unspecified atom stereocenters. The Bertz CT molecular complexity index is 3300. The summed E-state index contributed by atoms with van der Waals surface area (Å²) >= 11 is 0. The van der Waals surface area contributed by atoms with Gasteiger partial charge in [0.1, 0.15) is 43.0 Å². The Balaban J connectivity index is 1.27. The zero-order chi connectivity index (χ0) is 81.1. The fourth-order valence-corrected chi connectivity index (χ4v) is 12.7. The van der Waals surface area contributed by atoms with Crippen LogP contribution in [-0.4, -0.2) is 243 Å². The van der Waals surface area contributed by atoms with E-state index in [-0.39, 0.29) is 101 Å². The van der Waals surface area contributed by atoms with E-state index in [0.29, 0.717) is 81.3 Å². The average Bonchev–Trinajstić information content (AvgIpc) is 1.43. The van der Waals surface area contributed by atoms with Crippen LogP contribution < -0.4 is 43.0 Å². The Labute approximate surface area is 643 Å². The summed E-state index contributed by atoms with van der Waals surface area (Å²) in [6, 6.07) is 8.70. The molecule has 1 aromatic heterocycles. The van der Waals surface area contributed by atoms with Crippen molar-refractivity contribution in [2.24, 2.45) is 40.7 Å². The number of primary amides is 1. The van der Waals surface area contributed by atoms with Gasteiger partial charge in [0.15, 0.2) is 0 Å². The van der Waals surface area contributed by atoms with Crippen LogP contribution in [0.25, 0.3) is 0 Å². The fraction of sp³-hybridized carbons (Fsp3) is 0.688. The molecule has 1 aliphatic heterocycles. The van der Waals surface area contributed by atoms with E-state index in [1.807, 2.05) is 52.8 Å². The van der Waals surface area contributed by atoms with E-state index in [1.54, 1.807) is 115 Å². The molecule has 2 heterocycles. The van der Waals surface area contributed by atoms with Gasteiger partial charge < -0.3 is 91.0 Å². The summed E-state index contributed by atoms with van der Waals surface area (Å²) < 4.78 is 41.6. The molecule has 2 aromatic carbocycles. The molecule has 32 heteroatoms. The molecule has 0 saturated carbocycles. The quantitative estimate of drug-likeness (QED) is 0.0336. The maximum Gasteiger partial charge on any atom is 0.410 e. The minimum absolute atomic E-state index is 0.0308. The van der Waals surface area contributed by atoms with Crippen LogP contribution in [0.4, 0.5) is 15.3 Å². The number of ether oxygens (including phenoxy) is 7. The molecule has 612 valence electrons. The van der Waals surface area contributed by atoms with Crippen LogP contribution in [0.1, 0.15) is 158 Å². The van der Waals surface area contributed by atoms with Gasteiger partial charge in [0.25, 0.3) is 0 Å². The molecule has 0 bridgehead atoms. The van der Waals surface area contributed by atoms with Crippen molar-refractivity contribution in [1.82, 2.24) is 61.6 Å². The van der Waals surface area contributed by atoms with Crippen molar-refractivity contribution in [3.8, 4) is 0 Å². The van der Waals surface area contributed by atoms with E-state index in [2.05, 4.69) is 47.5 Å². The summed E-state index contributed by atoms with van der Waals surface area (Å²) in [5.41, 5.74) is 7.35. The van der Waals surface area contributed by atoms with Crippen molar-refractivity contribution in [1.29, 1.82) is 0 Å². The first-order valence-electron chi connectivity index (χ1n) is 38.0. The third-order valence-corrected chi connectivity index (χ3v) is 19.1. The fourth-order valence-electron chi connectivity index (χ4n) is 12.7. The summed E-state index contributed by atoms with van der Waals surface area (Å²) in [5, 5.41) is 38.6. The molecule has 0 spiro atoms. The van der Waals surface area contributed by atoms with Crippen molar-refractivity contribution in [3.63, 3.8) is 0 Å². The molecule has 12 atom stereocenters. The van der Waals surface area contributed by atoms with Gasteiger partial charge in [-0.15, -0.1) is 5.10 Å². The van der Waals surface area contributed by atoms with E-state index in [9.17, 15) is 53.1 Å². The molecule has 0 aliphatic carbocycles. The number of likely N-dealkylation sites (N-methyl/N-ethyl adjacent to an activating group) is 2. The first-order valence-corrected chi connectivity index (χ1v) is 38.0. The lowest BCUT2D eigenvalue weighted by Crippen LogP contribution is -2.60. The highest BCUT2D eigenvalue weighted by atomic mass is 16.6. The zero-order valence-corrected chi connectivity index (χ0v) is 67.2. The summed E-state index contributed by atoms with van der Waals surface area (Å²) in [6.45, 7) is 27.0. The minimum Gasteiger partial charge on any atom is -0.445 e. The number of nitrogens with zero attached hydrogens (tertiary/aromatic N) is 6. The van der Waals surface area contributed by atoms with Gasteiger partial charge in [-0.25, -0.2) is 14.3 Å². The zero-order valence-electron chi connectivity index (χ0n) is 67.2. The third-order valence-electron chi connectivity index (χ3n) is 19.1. The number of aliphatic hydroxyl groups excluding tert-OH is 1. The van der Waals surface area contributed by atoms with Crippen LogP contribution in [0.2, 0.25) is 0 Å². The van der Waals surface area contributed by atoms with Crippen molar-refractivity contribution in [2.75, 3.05) is 99.5 Å². The minimum atomic E-state index is -1.13. The predicted octanol–water partition coefficient (Wildman–Crippen LogP) is 5.00. The van der Waals surface area contributed by atoms with E-state index >= 15 is 0 Å². The highest BCUT2D eigenvalue weighted by Gasteiger charge is 2.44. The number of aromatic nitrogens is 3. The Morgan fingerprint density at radius 1 is 0.688 bits per heavy atom. The van der Waals surface area contributed by atoms with Crippen LogP contribution in [-0.2, 0) is 91.3 Å². The van der Waals surface area contributed by atoms with E-state index in [4.69, 9.17) is 38.9 Å². The molecular weight excluding hydrogens is 1410 g/mol. The standard InChI is InChI=1S/C77H126N14O18/c1-18-51(8)67(60(103-16)42-63(94)91-34-23-27-59(91)69(104-17)52(9)70(96)81-53(10)68(95)55-24-20-19-21-25-55)88(14)74(100)65(49(4)5)85-73(99)66(50(6)7)89(15)76(102)109-45-54-28-30-56(31-29-54)82-71(97)58(26-22-33-79-75(78)101)83-72(98)64(48(2)3)84-61(92)32-35-105-36-37-106-38-39-107-40-41-108-46-57-43-90(87-86-57)44-62(93)80-47-77(11,12)13/h19-21,24-25,28-31,43,48-53,58-60,64-69,95H,18,22-23,26-27,32-42,44-47H2,1-17H3,(H,80,93)(H,81,96)(H,82,97)(H,83,98)(H,84,92)(H,85,99)(H3,78,79,101)/t51-,52+,53?,58-,59-,60+,64-,65-,66-,67-,68+,69+/m0/s1. The number of rotatable bonds is 49. The Morgan fingerprint density at radius 2 is 1.31 bits per heavy atom. The van der Waals surface area contributed by atoms with Crippen LogP contribution in [0.3, 0.4) is 0 Å². The smallest absolute Gasteiger partial charge is 0.410 e. The number of amides is 11. The van der Waals surface area contributed by atoms with E-state index in [1.165, 1.54) is 30.8 Å². The highest BCUT2D eigenvalue weighted by molar-refractivity contribution is 5.98. The molecule has 32 nitrogen and oxygen atoms in total. The number of carbonyl (C=O) groups is 10. The van der Waals surface area contributed by atoms with Gasteiger partial charge in [-0.1, -0.05) is 137 Å². The molecule has 1 saturated heterocycles. The van der Waals surface area contributed by atoms with Gasteiger partial charge in [0.2, 0.25) is 47.3 Å². The third kappa shape index (κ3) is 31.8. The molecule has 11 amide bonds. The molecular formula is C77H126N14O18. The maximum absolute atomic E-state index is 14.9. The van der Waals surface area contributed by atoms with Crippen LogP contribution in [0, 0.1) is 35.0 Å². The molecule has 1 fully saturated rings. The molecule has 3 aromatic rings. The number of urea groups is 1. The molecule has 4 rings (SSSR count). The van der Waals surface area contributed by atoms with Gasteiger partial charge in [0.05, 0.1) is 108 Å². The lowest BCUT2D eigenvalue weighted by Gasteiger charge is -2.41. The van der Waals surface area contributed by atoms with Gasteiger partial charge in [-0.2, -0.15) is 0 Å². The summed E-state index contributed by atoms with van der Waals surface area (Å²) in [4.78, 5) is 140. The number of methoxy groups -OCH3 is 2. The number of carbonyl (C=O) groups excluding carboxylic acids is 10. The number of hydrogen-bond donors (Lipinski definition) is 9. The first-order chi connectivity index (χ1) is 51.6. The molecule has 0 radical (unpaired) electrons. The van der Waals surface area contributed by atoms with E-state index in [0.717, 1.165) is 0 Å². The predicted molar refractivity (Wildman–Crippen MR) is 408 cm³/mol. The van der Waals surface area contributed by atoms with Crippen LogP contribution >= 0.6 is 0 Å². The average molecular weight is 1540 g/mol. The number of aliphatic hydroxyl groups is 1. The van der Waals surface area contributed by atoms with Crippen molar-refractivity contribution in [3.05, 3.63) is 77.6 Å². The summed E-state index contributed by atoms with van der Waals surface area (Å²) in [7, 11) is 6.08. The topological polar surface area (TPSA) is 406 Å². The second kappa shape index (κ2) is 47.6. The molecule has 1 aliphatic rings. The number of nitrogens with one attached hydrogen (secondary N) is 7. The second-order valence-electron chi connectivity index (χ2n) is 30.2. The van der Waals surface area contributed by atoms with Crippen molar-refractivity contribution >= 4 is 65.1 Å². The van der Waals surface area contributed by atoms with Gasteiger partial charge in [-0.05, 0) is 85.0 Å². The second-order valence-corrected chi connectivity index (χ2v) is 30.2. The monoisotopic (exact) mass is 1530 g/mol. The Morgan fingerprint density at radius 3 is 1.89 bits per heavy atom. The van der Waals surface area contributed by atoms with Crippen LogP contribution in [0.15, 0.2) is 60.8 Å². The number of hydrogen-bond acceptors (Lipinski definition) is 20. The lowest BCUT2D eigenvalue weighted by molar-refractivity contribution is -0.148. The molecule has 109 heavy (non-hydrogen) atoms. The SMILES string of the molecule is CC[C@H](C)[C@@H]([C@@H](CC(=O)N1CCC[C@H]1[C@H](OC)[C@@H](C)C(=O)NC(C)[C@@H](O)c1ccccc1)OC)N(C)C(=O)[C@@H](NC(=O)[C@H](C(C)C)N(C)C(=O)OCc1ccc(NC(=O)[C@H](CCCNC(N)=O)NC(=O)[C@@H](NC(=O)CCOCCOCCOCCOCc2cn(CC(=O)NCC(C)(C)C)nn2)C(C)C)cc1)C(C)C. The summed E-state index contributed by atoms with van der Waals surface area (Å²) in [5.74, 6) is -5.54. The number of benzene rings is 2. The van der Waals surface area contributed by atoms with E-state index < -0.39 is 126 Å². The van der Waals surface area contributed by atoms with Crippen LogP contribution in [0.5, 0.6) is 0 Å². The Kier molecular flexibility index (Phi) is 40.6.